The summed E-state index contributed by atoms with van der Waals surface area (Å²) < 4.78 is 27.3. The smallest absolute Gasteiger partial charge is 0.270 e. The van der Waals surface area contributed by atoms with E-state index in [1.165, 1.54) is 12.1 Å². The molecule has 0 spiro atoms. The van der Waals surface area contributed by atoms with E-state index in [4.69, 9.17) is 0 Å². The van der Waals surface area contributed by atoms with Gasteiger partial charge < -0.3 is 5.32 Å². The third-order valence-corrected chi connectivity index (χ3v) is 4.95. The van der Waals surface area contributed by atoms with Crippen LogP contribution in [0.15, 0.2) is 23.1 Å². The van der Waals surface area contributed by atoms with E-state index in [9.17, 15) is 18.5 Å². The van der Waals surface area contributed by atoms with Crippen molar-refractivity contribution in [2.75, 3.05) is 13.1 Å². The summed E-state index contributed by atoms with van der Waals surface area (Å²) in [6, 6.07) is 3.68. The number of nitro benzene ring substituents is 1. The van der Waals surface area contributed by atoms with Gasteiger partial charge in [0.05, 0.1) is 9.82 Å². The van der Waals surface area contributed by atoms with Crippen molar-refractivity contribution in [3.05, 3.63) is 33.9 Å². The minimum Gasteiger partial charge on any atom is -0.315 e. The largest absolute Gasteiger partial charge is 0.315 e. The maximum atomic E-state index is 12.3. The van der Waals surface area contributed by atoms with E-state index in [1.54, 1.807) is 6.92 Å². The standard InChI is InChI=1S/C12H17N3O4S/c1-9-4-5-11(15(16)17)7-12(9)20(18,19)14-10-3-2-6-13-8-10/h4-5,7,10,13-14H,2-3,6,8H2,1H3/t10-/m1/s1. The summed E-state index contributed by atoms with van der Waals surface area (Å²) in [4.78, 5) is 10.1. The molecule has 8 heteroatoms. The molecule has 2 N–H and O–H groups in total. The van der Waals surface area contributed by atoms with Crippen LogP contribution < -0.4 is 10.0 Å². The summed E-state index contributed by atoms with van der Waals surface area (Å²) in [6.07, 6.45) is 1.67. The van der Waals surface area contributed by atoms with Gasteiger partial charge in [-0.05, 0) is 31.9 Å². The molecule has 0 radical (unpaired) electrons. The number of hydrogen-bond donors (Lipinski definition) is 2. The van der Waals surface area contributed by atoms with E-state index < -0.39 is 14.9 Å². The van der Waals surface area contributed by atoms with E-state index >= 15 is 0 Å². The predicted octanol–water partition coefficient (Wildman–Crippen LogP) is 0.934. The monoisotopic (exact) mass is 299 g/mol. The predicted molar refractivity (Wildman–Crippen MR) is 74.0 cm³/mol. The van der Waals surface area contributed by atoms with Gasteiger partial charge in [0.25, 0.3) is 5.69 Å². The Hall–Kier alpha value is -1.51. The second-order valence-electron chi connectivity index (χ2n) is 4.87. The van der Waals surface area contributed by atoms with E-state index in [1.807, 2.05) is 0 Å². The van der Waals surface area contributed by atoms with Gasteiger partial charge in [0.2, 0.25) is 10.0 Å². The van der Waals surface area contributed by atoms with Gasteiger partial charge >= 0.3 is 0 Å². The minimum atomic E-state index is -3.74. The Balaban J connectivity index is 2.28. The summed E-state index contributed by atoms with van der Waals surface area (Å²) in [5.74, 6) is 0. The fourth-order valence-corrected chi connectivity index (χ4v) is 3.76. The molecule has 110 valence electrons. The van der Waals surface area contributed by atoms with Crippen LogP contribution in [0.5, 0.6) is 0 Å². The fourth-order valence-electron chi connectivity index (χ4n) is 2.23. The van der Waals surface area contributed by atoms with Crippen LogP contribution in [0.2, 0.25) is 0 Å². The van der Waals surface area contributed by atoms with Crippen LogP contribution in [0.25, 0.3) is 0 Å². The first kappa shape index (κ1) is 14.9. The number of nitro groups is 1. The zero-order chi connectivity index (χ0) is 14.8. The van der Waals surface area contributed by atoms with Crippen molar-refractivity contribution in [3.8, 4) is 0 Å². The van der Waals surface area contributed by atoms with Crippen molar-refractivity contribution in [2.24, 2.45) is 0 Å². The lowest BCUT2D eigenvalue weighted by molar-refractivity contribution is -0.385. The van der Waals surface area contributed by atoms with Crippen molar-refractivity contribution in [3.63, 3.8) is 0 Å². The van der Waals surface area contributed by atoms with Crippen molar-refractivity contribution in [2.45, 2.75) is 30.7 Å². The molecule has 0 amide bonds. The van der Waals surface area contributed by atoms with Gasteiger partial charge in [-0.15, -0.1) is 0 Å². The first-order chi connectivity index (χ1) is 9.40. The Morgan fingerprint density at radius 2 is 2.20 bits per heavy atom. The molecule has 1 aromatic rings. The molecule has 1 atom stereocenters. The van der Waals surface area contributed by atoms with E-state index in [-0.39, 0.29) is 16.6 Å². The molecule has 7 nitrogen and oxygen atoms in total. The molecule has 1 fully saturated rings. The van der Waals surface area contributed by atoms with Gasteiger partial charge in [-0.1, -0.05) is 6.07 Å². The van der Waals surface area contributed by atoms with Crippen LogP contribution in [0.4, 0.5) is 5.69 Å². The number of non-ortho nitro benzene ring substituents is 1. The molecule has 2 rings (SSSR count). The zero-order valence-corrected chi connectivity index (χ0v) is 11.9. The number of aryl methyl sites for hydroxylation is 1. The second-order valence-corrected chi connectivity index (χ2v) is 6.55. The quantitative estimate of drug-likeness (QED) is 0.636. The van der Waals surface area contributed by atoms with Gasteiger partial charge in [0.1, 0.15) is 0 Å². The first-order valence-corrected chi connectivity index (χ1v) is 7.86. The van der Waals surface area contributed by atoms with Crippen LogP contribution in [0.3, 0.4) is 0 Å². The molecule has 0 aliphatic carbocycles. The normalized spacial score (nSPS) is 19.8. The molecule has 1 saturated heterocycles. The SMILES string of the molecule is Cc1ccc([N+](=O)[O-])cc1S(=O)(=O)N[C@@H]1CCCNC1. The Morgan fingerprint density at radius 3 is 2.80 bits per heavy atom. The molecule has 1 aromatic carbocycles. The number of sulfonamides is 1. The van der Waals surface area contributed by atoms with Crippen LogP contribution >= 0.6 is 0 Å². The van der Waals surface area contributed by atoms with Gasteiger partial charge in [-0.3, -0.25) is 10.1 Å². The van der Waals surface area contributed by atoms with Gasteiger partial charge in [0.15, 0.2) is 0 Å². The summed E-state index contributed by atoms with van der Waals surface area (Å²) >= 11 is 0. The van der Waals surface area contributed by atoms with Gasteiger partial charge in [0, 0.05) is 24.7 Å². The highest BCUT2D eigenvalue weighted by Gasteiger charge is 2.24. The number of hydrogen-bond acceptors (Lipinski definition) is 5. The lowest BCUT2D eigenvalue weighted by atomic mass is 10.1. The topological polar surface area (TPSA) is 101 Å². The third-order valence-electron chi connectivity index (χ3n) is 3.29. The molecule has 1 aliphatic rings. The molecule has 0 bridgehead atoms. The second kappa shape index (κ2) is 5.86. The molecule has 1 heterocycles. The minimum absolute atomic E-state index is 0.0303. The van der Waals surface area contributed by atoms with Crippen molar-refractivity contribution in [1.29, 1.82) is 0 Å². The molecule has 1 aliphatic heterocycles. The highest BCUT2D eigenvalue weighted by molar-refractivity contribution is 7.89. The van der Waals surface area contributed by atoms with Crippen LogP contribution in [-0.4, -0.2) is 32.5 Å². The zero-order valence-electron chi connectivity index (χ0n) is 11.1. The van der Waals surface area contributed by atoms with Gasteiger partial charge in [-0.25, -0.2) is 13.1 Å². The fraction of sp³-hybridized carbons (Fsp3) is 0.500. The number of benzene rings is 1. The number of nitrogens with one attached hydrogen (secondary N) is 2. The Bertz CT molecular complexity index is 609. The van der Waals surface area contributed by atoms with E-state index in [2.05, 4.69) is 10.0 Å². The van der Waals surface area contributed by atoms with Gasteiger partial charge in [-0.2, -0.15) is 0 Å². The number of rotatable bonds is 4. The highest BCUT2D eigenvalue weighted by atomic mass is 32.2. The van der Waals surface area contributed by atoms with Crippen molar-refractivity contribution in [1.82, 2.24) is 10.0 Å². The van der Waals surface area contributed by atoms with Crippen molar-refractivity contribution < 1.29 is 13.3 Å². The maximum absolute atomic E-state index is 12.3. The summed E-state index contributed by atoms with van der Waals surface area (Å²) in [5, 5.41) is 13.9. The average molecular weight is 299 g/mol. The van der Waals surface area contributed by atoms with Crippen LogP contribution in [-0.2, 0) is 10.0 Å². The molecular formula is C12H17N3O4S. The third kappa shape index (κ3) is 3.33. The Labute approximate surface area is 117 Å². The number of nitrogens with zero attached hydrogens (tertiary/aromatic N) is 1. The van der Waals surface area contributed by atoms with E-state index in [0.29, 0.717) is 12.1 Å². The summed E-state index contributed by atoms with van der Waals surface area (Å²) in [7, 11) is -3.74. The van der Waals surface area contributed by atoms with Crippen LogP contribution in [0.1, 0.15) is 18.4 Å². The molecule has 0 aromatic heterocycles. The Morgan fingerprint density at radius 1 is 1.45 bits per heavy atom. The lowest BCUT2D eigenvalue weighted by Crippen LogP contribution is -2.45. The molecular weight excluding hydrogens is 282 g/mol. The van der Waals surface area contributed by atoms with Crippen LogP contribution in [0, 0.1) is 17.0 Å². The van der Waals surface area contributed by atoms with Crippen molar-refractivity contribution >= 4 is 15.7 Å². The Kier molecular flexibility index (Phi) is 4.36. The maximum Gasteiger partial charge on any atom is 0.270 e. The summed E-state index contributed by atoms with van der Waals surface area (Å²) in [5.41, 5.74) is 0.268. The van der Waals surface area contributed by atoms with E-state index in [0.717, 1.165) is 25.5 Å². The molecule has 0 saturated carbocycles. The highest BCUT2D eigenvalue weighted by Crippen LogP contribution is 2.22. The lowest BCUT2D eigenvalue weighted by Gasteiger charge is -2.23. The number of piperidine rings is 1. The summed E-state index contributed by atoms with van der Waals surface area (Å²) in [6.45, 7) is 3.08. The average Bonchev–Trinajstić information content (AvgIpc) is 2.39. The molecule has 0 unspecified atom stereocenters. The first-order valence-electron chi connectivity index (χ1n) is 6.38. The molecule has 20 heavy (non-hydrogen) atoms.